The average Bonchev–Trinajstić information content (AvgIpc) is 2.15. The lowest BCUT2D eigenvalue weighted by Gasteiger charge is -2.22. The van der Waals surface area contributed by atoms with Gasteiger partial charge >= 0.3 is 5.97 Å². The van der Waals surface area contributed by atoms with Gasteiger partial charge in [0.2, 0.25) is 0 Å². The molecule has 0 unspecified atom stereocenters. The van der Waals surface area contributed by atoms with Crippen LogP contribution in [0.4, 0.5) is 0 Å². The molecule has 16 heavy (non-hydrogen) atoms. The number of rotatable bonds is 3. The first-order valence-electron chi connectivity index (χ1n) is 5.20. The summed E-state index contributed by atoms with van der Waals surface area (Å²) in [6.45, 7) is 0. The molecule has 1 saturated carbocycles. The van der Waals surface area contributed by atoms with Crippen LogP contribution >= 0.6 is 0 Å². The molecule has 84 valence electrons. The van der Waals surface area contributed by atoms with Crippen LogP contribution < -0.4 is 9.84 Å². The van der Waals surface area contributed by atoms with Crippen molar-refractivity contribution in [3.63, 3.8) is 0 Å². The van der Waals surface area contributed by atoms with Gasteiger partial charge in [0.15, 0.2) is 0 Å². The second-order valence-electron chi connectivity index (χ2n) is 3.86. The minimum atomic E-state index is -1.24. The SMILES string of the molecule is O=C([O-])c1ccc(OC(=O)C2CCC2)cc1. The monoisotopic (exact) mass is 219 g/mol. The number of carboxylic acids is 1. The molecule has 1 aromatic rings. The number of hydrogen-bond donors (Lipinski definition) is 0. The summed E-state index contributed by atoms with van der Waals surface area (Å²) < 4.78 is 5.10. The third kappa shape index (κ3) is 2.21. The molecule has 0 aliphatic heterocycles. The van der Waals surface area contributed by atoms with E-state index >= 15 is 0 Å². The van der Waals surface area contributed by atoms with Gasteiger partial charge in [-0.1, -0.05) is 6.42 Å². The Morgan fingerprint density at radius 1 is 1.19 bits per heavy atom. The van der Waals surface area contributed by atoms with E-state index in [2.05, 4.69) is 0 Å². The van der Waals surface area contributed by atoms with Crippen molar-refractivity contribution in [2.75, 3.05) is 0 Å². The molecule has 0 saturated heterocycles. The summed E-state index contributed by atoms with van der Waals surface area (Å²) in [6.07, 6.45) is 2.84. The van der Waals surface area contributed by atoms with Gasteiger partial charge in [0.1, 0.15) is 5.75 Å². The standard InChI is InChI=1S/C12H12O4/c13-11(14)8-4-6-10(7-5-8)16-12(15)9-2-1-3-9/h4-7,9H,1-3H2,(H,13,14)/p-1. The van der Waals surface area contributed by atoms with E-state index in [1.807, 2.05) is 0 Å². The van der Waals surface area contributed by atoms with Gasteiger partial charge in [-0.25, -0.2) is 0 Å². The van der Waals surface area contributed by atoms with Gasteiger partial charge in [0.05, 0.1) is 11.9 Å². The van der Waals surface area contributed by atoms with Crippen molar-refractivity contribution in [1.29, 1.82) is 0 Å². The first-order valence-corrected chi connectivity index (χ1v) is 5.20. The molecule has 0 N–H and O–H groups in total. The Balaban J connectivity index is 1.99. The summed E-state index contributed by atoms with van der Waals surface area (Å²) in [5.74, 6) is -1.08. The van der Waals surface area contributed by atoms with Crippen molar-refractivity contribution >= 4 is 11.9 Å². The molecule has 1 aromatic carbocycles. The van der Waals surface area contributed by atoms with E-state index in [0.717, 1.165) is 19.3 Å². The third-order valence-corrected chi connectivity index (χ3v) is 2.75. The van der Waals surface area contributed by atoms with Crippen molar-refractivity contribution in [3.05, 3.63) is 29.8 Å². The summed E-state index contributed by atoms with van der Waals surface area (Å²) in [4.78, 5) is 21.9. The summed E-state index contributed by atoms with van der Waals surface area (Å²) in [6, 6.07) is 5.64. The summed E-state index contributed by atoms with van der Waals surface area (Å²) in [5, 5.41) is 10.5. The van der Waals surface area contributed by atoms with E-state index < -0.39 is 5.97 Å². The molecule has 0 amide bonds. The molecule has 1 aliphatic carbocycles. The summed E-state index contributed by atoms with van der Waals surface area (Å²) >= 11 is 0. The lowest BCUT2D eigenvalue weighted by Crippen LogP contribution is -2.26. The summed E-state index contributed by atoms with van der Waals surface area (Å²) in [7, 11) is 0. The number of aromatic carboxylic acids is 1. The lowest BCUT2D eigenvalue weighted by molar-refractivity contribution is -0.255. The Hall–Kier alpha value is -1.84. The van der Waals surface area contributed by atoms with Crippen molar-refractivity contribution in [1.82, 2.24) is 0 Å². The van der Waals surface area contributed by atoms with Crippen LogP contribution in [-0.4, -0.2) is 11.9 Å². The van der Waals surface area contributed by atoms with Crippen LogP contribution in [0.5, 0.6) is 5.75 Å². The van der Waals surface area contributed by atoms with Gasteiger partial charge < -0.3 is 14.6 Å². The molecule has 0 heterocycles. The summed E-state index contributed by atoms with van der Waals surface area (Å²) in [5.41, 5.74) is 0.0726. The maximum Gasteiger partial charge on any atom is 0.314 e. The Labute approximate surface area is 92.8 Å². The fourth-order valence-corrected chi connectivity index (χ4v) is 1.50. The Morgan fingerprint density at radius 3 is 2.25 bits per heavy atom. The predicted molar refractivity (Wildman–Crippen MR) is 53.7 cm³/mol. The highest BCUT2D eigenvalue weighted by molar-refractivity contribution is 5.86. The van der Waals surface area contributed by atoms with Crippen LogP contribution in [0.3, 0.4) is 0 Å². The molecule has 4 nitrogen and oxygen atoms in total. The Morgan fingerprint density at radius 2 is 1.81 bits per heavy atom. The number of carboxylic acid groups (broad SMARTS) is 1. The highest BCUT2D eigenvalue weighted by atomic mass is 16.5. The fraction of sp³-hybridized carbons (Fsp3) is 0.333. The van der Waals surface area contributed by atoms with Crippen LogP contribution in [0.1, 0.15) is 29.6 Å². The van der Waals surface area contributed by atoms with Gasteiger partial charge in [0, 0.05) is 0 Å². The van der Waals surface area contributed by atoms with Gasteiger partial charge in [0.25, 0.3) is 0 Å². The molecule has 1 fully saturated rings. The highest BCUT2D eigenvalue weighted by Gasteiger charge is 2.26. The number of esters is 1. The van der Waals surface area contributed by atoms with Crippen molar-refractivity contribution in [2.45, 2.75) is 19.3 Å². The second-order valence-corrected chi connectivity index (χ2v) is 3.86. The van der Waals surface area contributed by atoms with E-state index in [0.29, 0.717) is 5.75 Å². The van der Waals surface area contributed by atoms with E-state index in [9.17, 15) is 14.7 Å². The minimum absolute atomic E-state index is 0.0146. The van der Waals surface area contributed by atoms with Crippen LogP contribution in [0.15, 0.2) is 24.3 Å². The molecule has 1 aliphatic rings. The smallest absolute Gasteiger partial charge is 0.314 e. The van der Waals surface area contributed by atoms with Gasteiger partial charge in [-0.15, -0.1) is 0 Å². The quantitative estimate of drug-likeness (QED) is 0.556. The molecule has 0 radical (unpaired) electrons. The molecule has 0 bridgehead atoms. The Bertz CT molecular complexity index is 404. The zero-order valence-corrected chi connectivity index (χ0v) is 8.64. The van der Waals surface area contributed by atoms with E-state index in [1.54, 1.807) is 0 Å². The maximum atomic E-state index is 11.5. The largest absolute Gasteiger partial charge is 0.545 e. The number of hydrogen-bond acceptors (Lipinski definition) is 4. The Kier molecular flexibility index (Phi) is 2.90. The zero-order chi connectivity index (χ0) is 11.5. The van der Waals surface area contributed by atoms with E-state index in [4.69, 9.17) is 4.74 Å². The molecule has 0 atom stereocenters. The zero-order valence-electron chi connectivity index (χ0n) is 8.64. The second kappa shape index (κ2) is 4.35. The molecular formula is C12H11O4-. The predicted octanol–water partition coefficient (Wildman–Crippen LogP) is 0.756. The number of carbonyl (C=O) groups excluding carboxylic acids is 2. The van der Waals surface area contributed by atoms with Crippen LogP contribution in [-0.2, 0) is 4.79 Å². The first-order chi connectivity index (χ1) is 7.66. The van der Waals surface area contributed by atoms with Crippen LogP contribution in [0, 0.1) is 5.92 Å². The van der Waals surface area contributed by atoms with Gasteiger partial charge in [-0.2, -0.15) is 0 Å². The first kappa shape index (κ1) is 10.7. The van der Waals surface area contributed by atoms with Crippen molar-refractivity contribution < 1.29 is 19.4 Å². The molecular weight excluding hydrogens is 208 g/mol. The lowest BCUT2D eigenvalue weighted by atomic mass is 9.86. The average molecular weight is 219 g/mol. The number of carbonyl (C=O) groups is 2. The highest BCUT2D eigenvalue weighted by Crippen LogP contribution is 2.28. The molecule has 0 spiro atoms. The van der Waals surface area contributed by atoms with E-state index in [-0.39, 0.29) is 17.5 Å². The van der Waals surface area contributed by atoms with Gasteiger partial charge in [-0.05, 0) is 42.7 Å². The van der Waals surface area contributed by atoms with Crippen molar-refractivity contribution in [3.8, 4) is 5.75 Å². The minimum Gasteiger partial charge on any atom is -0.545 e. The number of benzene rings is 1. The molecule has 2 rings (SSSR count). The van der Waals surface area contributed by atoms with E-state index in [1.165, 1.54) is 24.3 Å². The third-order valence-electron chi connectivity index (χ3n) is 2.75. The van der Waals surface area contributed by atoms with Gasteiger partial charge in [-0.3, -0.25) is 4.79 Å². The maximum absolute atomic E-state index is 11.5. The normalized spacial score (nSPS) is 15.2. The topological polar surface area (TPSA) is 66.4 Å². The fourth-order valence-electron chi connectivity index (χ4n) is 1.50. The van der Waals surface area contributed by atoms with Crippen LogP contribution in [0.2, 0.25) is 0 Å². The molecule has 0 aromatic heterocycles. The molecule has 4 heteroatoms. The van der Waals surface area contributed by atoms with Crippen molar-refractivity contribution in [2.24, 2.45) is 5.92 Å². The van der Waals surface area contributed by atoms with Crippen LogP contribution in [0.25, 0.3) is 0 Å². The number of ether oxygens (including phenoxy) is 1.